The summed E-state index contributed by atoms with van der Waals surface area (Å²) in [6.07, 6.45) is 1.36. The Balaban J connectivity index is 2.82. The summed E-state index contributed by atoms with van der Waals surface area (Å²) in [6.45, 7) is 0. The highest BCUT2D eigenvalue weighted by atomic mass is 32.2. The van der Waals surface area contributed by atoms with E-state index in [2.05, 4.69) is 0 Å². The van der Waals surface area contributed by atoms with Gasteiger partial charge in [0.25, 0.3) is 0 Å². The molecule has 100 valence electrons. The van der Waals surface area contributed by atoms with Crippen molar-refractivity contribution in [3.05, 3.63) is 0 Å². The van der Waals surface area contributed by atoms with E-state index < -0.39 is 33.5 Å². The maximum absolute atomic E-state index is 12.1. The molecule has 1 rings (SSSR count). The Labute approximate surface area is 96.1 Å². The summed E-state index contributed by atoms with van der Waals surface area (Å²) in [5.41, 5.74) is -5.41. The number of halogens is 3. The fourth-order valence-electron chi connectivity index (χ4n) is 1.83. The molecule has 1 aliphatic rings. The van der Waals surface area contributed by atoms with Gasteiger partial charge in [-0.2, -0.15) is 13.2 Å². The molecule has 0 radical (unpaired) electrons. The van der Waals surface area contributed by atoms with Gasteiger partial charge in [-0.05, 0) is 12.8 Å². The van der Waals surface area contributed by atoms with E-state index in [1.807, 2.05) is 0 Å². The molecule has 0 aliphatic heterocycles. The predicted molar refractivity (Wildman–Crippen MR) is 51.5 cm³/mol. The first-order valence-corrected chi connectivity index (χ1v) is 6.45. The van der Waals surface area contributed by atoms with Crippen LogP contribution in [0, 0.1) is 5.92 Å². The lowest BCUT2D eigenvalue weighted by molar-refractivity contribution is -0.143. The maximum atomic E-state index is 12.1. The van der Waals surface area contributed by atoms with E-state index in [0.717, 1.165) is 0 Å². The summed E-state index contributed by atoms with van der Waals surface area (Å²) in [7, 11) is -5.48. The van der Waals surface area contributed by atoms with Gasteiger partial charge in [0.15, 0.2) is 0 Å². The number of rotatable bonds is 3. The van der Waals surface area contributed by atoms with Crippen molar-refractivity contribution in [1.29, 1.82) is 0 Å². The second-order valence-electron chi connectivity index (χ2n) is 3.90. The normalized spacial score (nSPS) is 26.8. The average molecular weight is 275 g/mol. The monoisotopic (exact) mass is 275 g/mol. The van der Waals surface area contributed by atoms with E-state index in [1.54, 1.807) is 0 Å². The van der Waals surface area contributed by atoms with Crippen molar-refractivity contribution >= 4 is 16.0 Å². The summed E-state index contributed by atoms with van der Waals surface area (Å²) >= 11 is 0. The van der Waals surface area contributed by atoms with Gasteiger partial charge in [-0.1, -0.05) is 12.8 Å². The predicted octanol–water partition coefficient (Wildman–Crippen LogP) is 1.07. The second-order valence-corrected chi connectivity index (χ2v) is 5.61. The van der Waals surface area contributed by atoms with Crippen LogP contribution in [0.3, 0.4) is 0 Å². The van der Waals surface area contributed by atoms with Gasteiger partial charge in [-0.15, -0.1) is 0 Å². The molecule has 5 nitrogen and oxygen atoms in total. The zero-order valence-electron chi connectivity index (χ0n) is 8.70. The first-order valence-electron chi connectivity index (χ1n) is 4.96. The average Bonchev–Trinajstić information content (AvgIpc) is 2.15. The molecule has 9 heteroatoms. The van der Waals surface area contributed by atoms with Crippen LogP contribution in [0.15, 0.2) is 0 Å². The third kappa shape index (κ3) is 3.32. The van der Waals surface area contributed by atoms with E-state index in [9.17, 15) is 26.4 Å². The van der Waals surface area contributed by atoms with Crippen molar-refractivity contribution in [3.8, 4) is 0 Å². The first-order chi connectivity index (χ1) is 7.65. The quantitative estimate of drug-likeness (QED) is 0.807. The number of nitrogens with one attached hydrogen (secondary N) is 1. The number of carbonyl (C=O) groups is 1. The van der Waals surface area contributed by atoms with Crippen LogP contribution in [0.2, 0.25) is 0 Å². The van der Waals surface area contributed by atoms with E-state index in [0.29, 0.717) is 12.8 Å². The molecule has 1 fully saturated rings. The molecule has 0 unspecified atom stereocenters. The Morgan fingerprint density at radius 3 is 2.24 bits per heavy atom. The van der Waals surface area contributed by atoms with Gasteiger partial charge in [-0.25, -0.2) is 13.1 Å². The van der Waals surface area contributed by atoms with Gasteiger partial charge >= 0.3 is 21.5 Å². The third-order valence-electron chi connectivity index (χ3n) is 2.69. The lowest BCUT2D eigenvalue weighted by Gasteiger charge is -2.29. The smallest absolute Gasteiger partial charge is 0.481 e. The molecular weight excluding hydrogens is 263 g/mol. The van der Waals surface area contributed by atoms with Crippen LogP contribution in [0.1, 0.15) is 25.7 Å². The Morgan fingerprint density at radius 2 is 1.76 bits per heavy atom. The summed E-state index contributed by atoms with van der Waals surface area (Å²) in [4.78, 5) is 10.8. The molecule has 2 atom stereocenters. The molecule has 0 aromatic heterocycles. The Morgan fingerprint density at radius 1 is 1.24 bits per heavy atom. The Bertz CT molecular complexity index is 392. The highest BCUT2D eigenvalue weighted by Gasteiger charge is 2.48. The number of aliphatic carboxylic acids is 1. The van der Waals surface area contributed by atoms with Gasteiger partial charge in [0.2, 0.25) is 0 Å². The SMILES string of the molecule is O=C(O)[C@@H]1CCCC[C@H]1NS(=O)(=O)C(F)(F)F. The number of alkyl halides is 3. The highest BCUT2D eigenvalue weighted by molar-refractivity contribution is 7.90. The topological polar surface area (TPSA) is 83.5 Å². The van der Waals surface area contributed by atoms with Crippen LogP contribution in [0.5, 0.6) is 0 Å². The largest absolute Gasteiger partial charge is 0.511 e. The molecule has 0 saturated heterocycles. The Hall–Kier alpha value is -0.830. The lowest BCUT2D eigenvalue weighted by atomic mass is 9.85. The molecule has 0 heterocycles. The number of hydrogen-bond acceptors (Lipinski definition) is 3. The maximum Gasteiger partial charge on any atom is 0.511 e. The van der Waals surface area contributed by atoms with Gasteiger partial charge < -0.3 is 5.11 Å². The van der Waals surface area contributed by atoms with Crippen LogP contribution in [-0.2, 0) is 14.8 Å². The van der Waals surface area contributed by atoms with Gasteiger partial charge in [0.05, 0.1) is 5.92 Å². The summed E-state index contributed by atoms with van der Waals surface area (Å²) in [6, 6.07) is -1.19. The Kier molecular flexibility index (Phi) is 4.03. The van der Waals surface area contributed by atoms with Crippen molar-refractivity contribution in [2.75, 3.05) is 0 Å². The van der Waals surface area contributed by atoms with Crippen molar-refractivity contribution in [1.82, 2.24) is 4.72 Å². The fourth-order valence-corrected chi connectivity index (χ4v) is 2.65. The number of carboxylic acid groups (broad SMARTS) is 1. The standard InChI is InChI=1S/C8H12F3NO4S/c9-8(10,11)17(15,16)12-6-4-2-1-3-5(6)7(13)14/h5-6,12H,1-4H2,(H,13,14)/t5-,6-/m1/s1. The minimum atomic E-state index is -5.48. The molecule has 0 aromatic rings. The molecule has 0 aromatic carbocycles. The third-order valence-corrected chi connectivity index (χ3v) is 3.92. The fraction of sp³-hybridized carbons (Fsp3) is 0.875. The number of carboxylic acids is 1. The highest BCUT2D eigenvalue weighted by Crippen LogP contribution is 2.28. The van der Waals surface area contributed by atoms with Crippen LogP contribution >= 0.6 is 0 Å². The summed E-state index contributed by atoms with van der Waals surface area (Å²) < 4.78 is 59.5. The molecule has 1 aliphatic carbocycles. The first kappa shape index (κ1) is 14.2. The summed E-state index contributed by atoms with van der Waals surface area (Å²) in [5, 5.41) is 8.79. The van der Waals surface area contributed by atoms with E-state index >= 15 is 0 Å². The van der Waals surface area contributed by atoms with Crippen molar-refractivity contribution in [2.45, 2.75) is 37.2 Å². The molecular formula is C8H12F3NO4S. The van der Waals surface area contributed by atoms with E-state index in [1.165, 1.54) is 4.72 Å². The zero-order chi connectivity index (χ0) is 13.3. The minimum absolute atomic E-state index is 0.103. The molecule has 1 saturated carbocycles. The van der Waals surface area contributed by atoms with E-state index in [-0.39, 0.29) is 12.8 Å². The number of hydrogen-bond donors (Lipinski definition) is 2. The van der Waals surface area contributed by atoms with Crippen LogP contribution in [0.4, 0.5) is 13.2 Å². The van der Waals surface area contributed by atoms with Gasteiger partial charge in [0.1, 0.15) is 0 Å². The zero-order valence-corrected chi connectivity index (χ0v) is 9.51. The van der Waals surface area contributed by atoms with Gasteiger partial charge in [-0.3, -0.25) is 4.79 Å². The lowest BCUT2D eigenvalue weighted by Crippen LogP contribution is -2.49. The molecule has 0 bridgehead atoms. The van der Waals surface area contributed by atoms with Crippen LogP contribution < -0.4 is 4.72 Å². The van der Waals surface area contributed by atoms with Crippen molar-refractivity contribution in [2.24, 2.45) is 5.92 Å². The molecule has 2 N–H and O–H groups in total. The molecule has 0 spiro atoms. The molecule has 0 amide bonds. The number of sulfonamides is 1. The van der Waals surface area contributed by atoms with Crippen LogP contribution in [-0.4, -0.2) is 31.0 Å². The summed E-state index contributed by atoms with van der Waals surface area (Å²) in [5.74, 6) is -2.37. The minimum Gasteiger partial charge on any atom is -0.481 e. The molecule has 17 heavy (non-hydrogen) atoms. The van der Waals surface area contributed by atoms with Crippen molar-refractivity contribution in [3.63, 3.8) is 0 Å². The van der Waals surface area contributed by atoms with E-state index in [4.69, 9.17) is 5.11 Å². The van der Waals surface area contributed by atoms with Crippen LogP contribution in [0.25, 0.3) is 0 Å². The second kappa shape index (κ2) is 4.81. The van der Waals surface area contributed by atoms with Gasteiger partial charge in [0, 0.05) is 6.04 Å². The van der Waals surface area contributed by atoms with Crippen molar-refractivity contribution < 1.29 is 31.5 Å².